The van der Waals surface area contributed by atoms with Crippen LogP contribution in [0.4, 0.5) is 5.69 Å². The largest absolute Gasteiger partial charge is 0.352 e. The highest BCUT2D eigenvalue weighted by Gasteiger charge is 2.10. The number of hydrogen-bond donors (Lipinski definition) is 5. The number of nitrogens with one attached hydrogen (secondary N) is 5. The van der Waals surface area contributed by atoms with E-state index in [2.05, 4.69) is 16.0 Å². The Hall–Kier alpha value is -1.37. The molecule has 0 amide bonds. The summed E-state index contributed by atoms with van der Waals surface area (Å²) >= 11 is 29.6. The molecule has 0 fully saturated rings. The summed E-state index contributed by atoms with van der Waals surface area (Å²) in [6, 6.07) is 8.29. The van der Waals surface area contributed by atoms with E-state index in [1.54, 1.807) is 30.3 Å². The van der Waals surface area contributed by atoms with E-state index in [0.29, 0.717) is 27.3 Å². The van der Waals surface area contributed by atoms with Gasteiger partial charge in [-0.05, 0) is 29.8 Å². The van der Waals surface area contributed by atoms with Gasteiger partial charge >= 0.3 is 0 Å². The number of halogens is 5. The molecule has 0 radical (unpaired) electrons. The molecule has 0 aliphatic rings. The first-order chi connectivity index (χ1) is 11.8. The highest BCUT2D eigenvalue weighted by atomic mass is 35.5. The first kappa shape index (κ1) is 19.9. The van der Waals surface area contributed by atoms with Gasteiger partial charge < -0.3 is 10.6 Å². The van der Waals surface area contributed by atoms with Crippen LogP contribution in [0.1, 0.15) is 5.56 Å². The van der Waals surface area contributed by atoms with Crippen molar-refractivity contribution in [2.45, 2.75) is 6.54 Å². The molecule has 0 saturated heterocycles. The zero-order valence-corrected chi connectivity index (χ0v) is 16.3. The van der Waals surface area contributed by atoms with Gasteiger partial charge in [0.15, 0.2) is 11.9 Å². The topological polar surface area (TPSA) is 83.8 Å². The van der Waals surface area contributed by atoms with Crippen molar-refractivity contribution in [1.82, 2.24) is 10.6 Å². The van der Waals surface area contributed by atoms with Gasteiger partial charge in [-0.15, -0.1) is 0 Å². The molecule has 2 aromatic carbocycles. The van der Waals surface area contributed by atoms with Crippen molar-refractivity contribution in [3.63, 3.8) is 0 Å². The minimum absolute atomic E-state index is 0.0836. The molecule has 0 atom stereocenters. The lowest BCUT2D eigenvalue weighted by Gasteiger charge is -2.14. The van der Waals surface area contributed by atoms with E-state index >= 15 is 0 Å². The standard InChI is InChI=1S/C15H12Cl5N5/c16-8-2-1-7(5-10(8)18)6-23-14(21)25-15(22)24-11-4-3-9(17)12(19)13(11)20/h1-5H,6H2,(H5,21,22,23,24,25). The van der Waals surface area contributed by atoms with Crippen molar-refractivity contribution in [3.05, 3.63) is 61.0 Å². The van der Waals surface area contributed by atoms with Crippen LogP contribution < -0.4 is 16.0 Å². The SMILES string of the molecule is N=C(NCc1ccc(Cl)c(Cl)c1)NC(=N)Nc1ccc(Cl)c(Cl)c1Cl. The molecule has 0 aliphatic carbocycles. The smallest absolute Gasteiger partial charge is 0.199 e. The molecule has 0 saturated carbocycles. The van der Waals surface area contributed by atoms with Gasteiger partial charge in [-0.1, -0.05) is 64.1 Å². The summed E-state index contributed by atoms with van der Waals surface area (Å²) in [5, 5.41) is 25.3. The molecule has 2 aromatic rings. The van der Waals surface area contributed by atoms with E-state index < -0.39 is 0 Å². The van der Waals surface area contributed by atoms with Crippen LogP contribution in [-0.4, -0.2) is 11.9 Å². The molecule has 5 N–H and O–H groups in total. The lowest BCUT2D eigenvalue weighted by molar-refractivity contribution is 0.878. The number of benzene rings is 2. The van der Waals surface area contributed by atoms with Crippen LogP contribution in [0, 0.1) is 10.8 Å². The average Bonchev–Trinajstić information content (AvgIpc) is 2.56. The van der Waals surface area contributed by atoms with Crippen LogP contribution in [0.25, 0.3) is 0 Å². The fraction of sp³-hybridized carbons (Fsp3) is 0.0667. The minimum atomic E-state index is -0.160. The molecule has 0 aliphatic heterocycles. The van der Waals surface area contributed by atoms with Crippen LogP contribution in [-0.2, 0) is 6.54 Å². The first-order valence-electron chi connectivity index (χ1n) is 6.80. The Balaban J connectivity index is 1.89. The Kier molecular flexibility index (Phi) is 7.04. The van der Waals surface area contributed by atoms with Crippen molar-refractivity contribution >= 4 is 75.6 Å². The van der Waals surface area contributed by atoms with Gasteiger partial charge in [-0.2, -0.15) is 0 Å². The predicted molar refractivity (Wildman–Crippen MR) is 107 cm³/mol. The summed E-state index contributed by atoms with van der Waals surface area (Å²) < 4.78 is 0. The summed E-state index contributed by atoms with van der Waals surface area (Å²) in [6.45, 7) is 0.337. The Labute approximate surface area is 169 Å². The second-order valence-corrected chi connectivity index (χ2v) is 6.80. The molecule has 0 spiro atoms. The predicted octanol–water partition coefficient (Wildman–Crippen LogP) is 5.61. The van der Waals surface area contributed by atoms with E-state index in [4.69, 9.17) is 68.8 Å². The van der Waals surface area contributed by atoms with Gasteiger partial charge in [0, 0.05) is 6.54 Å². The maximum Gasteiger partial charge on any atom is 0.199 e. The van der Waals surface area contributed by atoms with E-state index in [-0.39, 0.29) is 22.0 Å². The van der Waals surface area contributed by atoms with Crippen LogP contribution in [0.2, 0.25) is 25.1 Å². The van der Waals surface area contributed by atoms with Crippen molar-refractivity contribution in [1.29, 1.82) is 10.8 Å². The maximum absolute atomic E-state index is 7.85. The van der Waals surface area contributed by atoms with Crippen molar-refractivity contribution in [3.8, 4) is 0 Å². The molecule has 0 unspecified atom stereocenters. The van der Waals surface area contributed by atoms with Gasteiger partial charge in [0.2, 0.25) is 0 Å². The van der Waals surface area contributed by atoms with Crippen LogP contribution in [0.5, 0.6) is 0 Å². The lowest BCUT2D eigenvalue weighted by atomic mass is 10.2. The summed E-state index contributed by atoms with van der Waals surface area (Å²) in [7, 11) is 0. The molecular weight excluding hydrogens is 427 g/mol. The second kappa shape index (κ2) is 8.83. The van der Waals surface area contributed by atoms with E-state index in [1.165, 1.54) is 0 Å². The van der Waals surface area contributed by atoms with E-state index in [9.17, 15) is 0 Å². The van der Waals surface area contributed by atoms with Crippen molar-refractivity contribution < 1.29 is 0 Å². The van der Waals surface area contributed by atoms with Crippen molar-refractivity contribution in [2.75, 3.05) is 5.32 Å². The van der Waals surface area contributed by atoms with Gasteiger partial charge in [-0.25, -0.2) is 0 Å². The van der Waals surface area contributed by atoms with Crippen LogP contribution in [0.15, 0.2) is 30.3 Å². The molecule has 5 nitrogen and oxygen atoms in total. The highest BCUT2D eigenvalue weighted by Crippen LogP contribution is 2.35. The third kappa shape index (κ3) is 5.56. The average molecular weight is 440 g/mol. The van der Waals surface area contributed by atoms with E-state index in [1.807, 2.05) is 0 Å². The van der Waals surface area contributed by atoms with Crippen molar-refractivity contribution in [2.24, 2.45) is 0 Å². The van der Waals surface area contributed by atoms with Gasteiger partial charge in [0.1, 0.15) is 0 Å². The molecule has 25 heavy (non-hydrogen) atoms. The molecule has 10 heteroatoms. The fourth-order valence-corrected chi connectivity index (χ4v) is 2.70. The third-order valence-electron chi connectivity index (χ3n) is 3.00. The fourth-order valence-electron chi connectivity index (χ4n) is 1.80. The zero-order valence-electron chi connectivity index (χ0n) is 12.5. The normalized spacial score (nSPS) is 10.3. The number of anilines is 1. The Morgan fingerprint density at radius 2 is 1.48 bits per heavy atom. The summed E-state index contributed by atoms with van der Waals surface area (Å²) in [6.07, 6.45) is 0. The van der Waals surface area contributed by atoms with E-state index in [0.717, 1.165) is 5.56 Å². The third-order valence-corrected chi connectivity index (χ3v) is 5.03. The Bertz CT molecular complexity index is 824. The molecule has 0 heterocycles. The lowest BCUT2D eigenvalue weighted by Crippen LogP contribution is -2.42. The number of rotatable bonds is 3. The maximum atomic E-state index is 7.85. The quantitative estimate of drug-likeness (QED) is 0.245. The van der Waals surface area contributed by atoms with Gasteiger partial charge in [0.05, 0.1) is 30.8 Å². The highest BCUT2D eigenvalue weighted by molar-refractivity contribution is 6.49. The zero-order chi connectivity index (χ0) is 18.6. The summed E-state index contributed by atoms with van der Waals surface area (Å²) in [5.41, 5.74) is 1.24. The number of guanidine groups is 2. The summed E-state index contributed by atoms with van der Waals surface area (Å²) in [5.74, 6) is -0.244. The second-order valence-electron chi connectivity index (χ2n) is 4.82. The molecule has 0 bridgehead atoms. The Morgan fingerprint density at radius 3 is 2.16 bits per heavy atom. The molecular formula is C15H12Cl5N5. The monoisotopic (exact) mass is 437 g/mol. The molecule has 0 aromatic heterocycles. The minimum Gasteiger partial charge on any atom is -0.352 e. The molecule has 132 valence electrons. The van der Waals surface area contributed by atoms with Crippen LogP contribution in [0.3, 0.4) is 0 Å². The van der Waals surface area contributed by atoms with Gasteiger partial charge in [0.25, 0.3) is 0 Å². The van der Waals surface area contributed by atoms with Crippen LogP contribution >= 0.6 is 58.0 Å². The first-order valence-corrected chi connectivity index (χ1v) is 8.69. The Morgan fingerprint density at radius 1 is 0.800 bits per heavy atom. The summed E-state index contributed by atoms with van der Waals surface area (Å²) in [4.78, 5) is 0. The molecule has 2 rings (SSSR count). The number of hydrogen-bond acceptors (Lipinski definition) is 2. The van der Waals surface area contributed by atoms with Gasteiger partial charge in [-0.3, -0.25) is 16.1 Å².